The van der Waals surface area contributed by atoms with Crippen LogP contribution in [0.25, 0.3) is 0 Å². The summed E-state index contributed by atoms with van der Waals surface area (Å²) in [4.78, 5) is 0. The topological polar surface area (TPSA) is 26.0 Å². The maximum absolute atomic E-state index is 13.8. The highest BCUT2D eigenvalue weighted by atomic mass is 19.1. The second-order valence-electron chi connectivity index (χ2n) is 4.40. The lowest BCUT2D eigenvalue weighted by Crippen LogP contribution is -2.15. The fourth-order valence-electron chi connectivity index (χ4n) is 2.19. The van der Waals surface area contributed by atoms with Crippen LogP contribution in [0, 0.1) is 5.82 Å². The van der Waals surface area contributed by atoms with Gasteiger partial charge in [-0.05, 0) is 29.2 Å². The van der Waals surface area contributed by atoms with E-state index >= 15 is 0 Å². The van der Waals surface area contributed by atoms with Crippen LogP contribution in [0.3, 0.4) is 0 Å². The SMILES string of the molecule is CCc1ccc(C(CN)c2ccccc2F)cc1. The number of benzene rings is 2. The van der Waals surface area contributed by atoms with Crippen LogP contribution in [0.2, 0.25) is 0 Å². The van der Waals surface area contributed by atoms with Gasteiger partial charge in [0.1, 0.15) is 5.82 Å². The lowest BCUT2D eigenvalue weighted by atomic mass is 9.90. The normalized spacial score (nSPS) is 12.4. The van der Waals surface area contributed by atoms with Gasteiger partial charge in [-0.3, -0.25) is 0 Å². The molecule has 2 heteroatoms. The number of halogens is 1. The van der Waals surface area contributed by atoms with Gasteiger partial charge in [0.15, 0.2) is 0 Å². The minimum atomic E-state index is -0.187. The van der Waals surface area contributed by atoms with Crippen molar-refractivity contribution in [2.75, 3.05) is 6.54 Å². The molecule has 0 heterocycles. The molecular weight excluding hydrogens is 225 g/mol. The Morgan fingerprint density at radius 3 is 2.28 bits per heavy atom. The standard InChI is InChI=1S/C16H18FN/c1-2-12-7-9-13(10-8-12)15(11-18)14-5-3-4-6-16(14)17/h3-10,15H,2,11,18H2,1H3. The molecule has 1 unspecified atom stereocenters. The summed E-state index contributed by atoms with van der Waals surface area (Å²) >= 11 is 0. The summed E-state index contributed by atoms with van der Waals surface area (Å²) in [5.74, 6) is -0.260. The molecule has 0 bridgehead atoms. The zero-order chi connectivity index (χ0) is 13.0. The molecule has 1 atom stereocenters. The molecule has 0 aliphatic carbocycles. The highest BCUT2D eigenvalue weighted by Gasteiger charge is 2.15. The first kappa shape index (κ1) is 12.8. The molecule has 0 fully saturated rings. The number of aryl methyl sites for hydroxylation is 1. The third-order valence-corrected chi connectivity index (χ3v) is 3.31. The molecule has 0 aromatic heterocycles. The van der Waals surface area contributed by atoms with E-state index in [9.17, 15) is 4.39 Å². The minimum Gasteiger partial charge on any atom is -0.330 e. The van der Waals surface area contributed by atoms with Crippen molar-refractivity contribution < 1.29 is 4.39 Å². The number of rotatable bonds is 4. The van der Waals surface area contributed by atoms with Gasteiger partial charge < -0.3 is 5.73 Å². The van der Waals surface area contributed by atoms with E-state index in [0.29, 0.717) is 12.1 Å². The Balaban J connectivity index is 2.36. The summed E-state index contributed by atoms with van der Waals surface area (Å²) in [6.07, 6.45) is 1.01. The van der Waals surface area contributed by atoms with Crippen LogP contribution in [0.4, 0.5) is 4.39 Å². The Bertz CT molecular complexity index is 505. The zero-order valence-electron chi connectivity index (χ0n) is 10.6. The van der Waals surface area contributed by atoms with Crippen molar-refractivity contribution in [3.63, 3.8) is 0 Å². The largest absolute Gasteiger partial charge is 0.330 e. The third-order valence-electron chi connectivity index (χ3n) is 3.31. The molecule has 0 aliphatic rings. The second-order valence-corrected chi connectivity index (χ2v) is 4.40. The molecule has 0 aliphatic heterocycles. The van der Waals surface area contributed by atoms with Gasteiger partial charge in [-0.15, -0.1) is 0 Å². The quantitative estimate of drug-likeness (QED) is 0.874. The van der Waals surface area contributed by atoms with Gasteiger partial charge in [-0.25, -0.2) is 4.39 Å². The molecule has 0 spiro atoms. The average molecular weight is 243 g/mol. The van der Waals surface area contributed by atoms with Gasteiger partial charge in [0, 0.05) is 12.5 Å². The summed E-state index contributed by atoms with van der Waals surface area (Å²) in [7, 11) is 0. The number of hydrogen-bond donors (Lipinski definition) is 1. The Kier molecular flexibility index (Phi) is 4.11. The molecule has 2 rings (SSSR count). The van der Waals surface area contributed by atoms with Crippen molar-refractivity contribution in [3.8, 4) is 0 Å². The summed E-state index contributed by atoms with van der Waals surface area (Å²) in [6.45, 7) is 2.53. The van der Waals surface area contributed by atoms with Crippen LogP contribution in [0.5, 0.6) is 0 Å². The molecule has 0 radical (unpaired) electrons. The van der Waals surface area contributed by atoms with Crippen LogP contribution in [-0.2, 0) is 6.42 Å². The van der Waals surface area contributed by atoms with E-state index in [4.69, 9.17) is 5.73 Å². The molecule has 94 valence electrons. The smallest absolute Gasteiger partial charge is 0.127 e. The van der Waals surface area contributed by atoms with Crippen molar-refractivity contribution in [2.45, 2.75) is 19.3 Å². The molecule has 18 heavy (non-hydrogen) atoms. The Morgan fingerprint density at radius 2 is 1.72 bits per heavy atom. The van der Waals surface area contributed by atoms with E-state index in [1.165, 1.54) is 11.6 Å². The molecule has 2 aromatic carbocycles. The maximum Gasteiger partial charge on any atom is 0.127 e. The predicted molar refractivity (Wildman–Crippen MR) is 73.1 cm³/mol. The van der Waals surface area contributed by atoms with Crippen LogP contribution in [0.1, 0.15) is 29.5 Å². The van der Waals surface area contributed by atoms with Crippen molar-refractivity contribution in [1.82, 2.24) is 0 Å². The lowest BCUT2D eigenvalue weighted by molar-refractivity contribution is 0.597. The van der Waals surface area contributed by atoms with Gasteiger partial charge in [-0.1, -0.05) is 49.4 Å². The first-order chi connectivity index (χ1) is 8.76. The van der Waals surface area contributed by atoms with E-state index in [0.717, 1.165) is 12.0 Å². The Labute approximate surface area is 107 Å². The highest BCUT2D eigenvalue weighted by molar-refractivity contribution is 5.35. The van der Waals surface area contributed by atoms with Gasteiger partial charge >= 0.3 is 0 Å². The van der Waals surface area contributed by atoms with Gasteiger partial charge in [-0.2, -0.15) is 0 Å². The van der Waals surface area contributed by atoms with Crippen LogP contribution >= 0.6 is 0 Å². The molecular formula is C16H18FN. The van der Waals surface area contributed by atoms with Crippen molar-refractivity contribution in [3.05, 3.63) is 71.0 Å². The summed E-state index contributed by atoms with van der Waals surface area (Å²) in [6, 6.07) is 15.1. The first-order valence-corrected chi connectivity index (χ1v) is 6.29. The van der Waals surface area contributed by atoms with Crippen LogP contribution in [0.15, 0.2) is 48.5 Å². The summed E-state index contributed by atoms with van der Waals surface area (Å²) < 4.78 is 13.8. The fourth-order valence-corrected chi connectivity index (χ4v) is 2.19. The van der Waals surface area contributed by atoms with Crippen molar-refractivity contribution >= 4 is 0 Å². The van der Waals surface area contributed by atoms with Crippen LogP contribution < -0.4 is 5.73 Å². The lowest BCUT2D eigenvalue weighted by Gasteiger charge is -2.16. The molecule has 0 saturated carbocycles. The average Bonchev–Trinajstić information content (AvgIpc) is 2.42. The second kappa shape index (κ2) is 5.78. The van der Waals surface area contributed by atoms with E-state index < -0.39 is 0 Å². The first-order valence-electron chi connectivity index (χ1n) is 6.29. The number of hydrogen-bond acceptors (Lipinski definition) is 1. The molecule has 0 amide bonds. The molecule has 2 aromatic rings. The summed E-state index contributed by atoms with van der Waals surface area (Å²) in [5.41, 5.74) is 8.83. The number of nitrogens with two attached hydrogens (primary N) is 1. The molecule has 2 N–H and O–H groups in total. The maximum atomic E-state index is 13.8. The van der Waals surface area contributed by atoms with E-state index in [1.807, 2.05) is 18.2 Å². The van der Waals surface area contributed by atoms with Gasteiger partial charge in [0.05, 0.1) is 0 Å². The Hall–Kier alpha value is -1.67. The summed E-state index contributed by atoms with van der Waals surface area (Å²) in [5, 5.41) is 0. The van der Waals surface area contributed by atoms with E-state index in [1.54, 1.807) is 12.1 Å². The zero-order valence-corrected chi connectivity index (χ0v) is 10.6. The van der Waals surface area contributed by atoms with Crippen LogP contribution in [-0.4, -0.2) is 6.54 Å². The van der Waals surface area contributed by atoms with Gasteiger partial charge in [0.2, 0.25) is 0 Å². The van der Waals surface area contributed by atoms with E-state index in [-0.39, 0.29) is 11.7 Å². The molecule has 0 saturated heterocycles. The van der Waals surface area contributed by atoms with Gasteiger partial charge in [0.25, 0.3) is 0 Å². The van der Waals surface area contributed by atoms with E-state index in [2.05, 4.69) is 19.1 Å². The molecule has 1 nitrogen and oxygen atoms in total. The fraction of sp³-hybridized carbons (Fsp3) is 0.250. The minimum absolute atomic E-state index is 0.0721. The third kappa shape index (κ3) is 2.59. The predicted octanol–water partition coefficient (Wildman–Crippen LogP) is 3.48. The highest BCUT2D eigenvalue weighted by Crippen LogP contribution is 2.26. The van der Waals surface area contributed by atoms with Crippen molar-refractivity contribution in [1.29, 1.82) is 0 Å². The Morgan fingerprint density at radius 1 is 1.06 bits per heavy atom. The monoisotopic (exact) mass is 243 g/mol. The van der Waals surface area contributed by atoms with Crippen molar-refractivity contribution in [2.24, 2.45) is 5.73 Å².